The summed E-state index contributed by atoms with van der Waals surface area (Å²) in [6, 6.07) is 6.31. The van der Waals surface area contributed by atoms with Gasteiger partial charge >= 0.3 is 12.1 Å². The Bertz CT molecular complexity index is 585. The third-order valence-corrected chi connectivity index (χ3v) is 3.96. The molecule has 0 bridgehead atoms. The summed E-state index contributed by atoms with van der Waals surface area (Å²) in [5, 5.41) is 11.7. The Morgan fingerprint density at radius 1 is 1.20 bits per heavy atom. The van der Waals surface area contributed by atoms with E-state index in [1.54, 1.807) is 20.8 Å². The highest BCUT2D eigenvalue weighted by atomic mass is 16.6. The van der Waals surface area contributed by atoms with Gasteiger partial charge < -0.3 is 19.9 Å². The molecule has 0 spiro atoms. The number of carboxylic acid groups (broad SMARTS) is 1. The van der Waals surface area contributed by atoms with Crippen molar-refractivity contribution in [2.75, 3.05) is 0 Å². The van der Waals surface area contributed by atoms with Crippen molar-refractivity contribution in [1.29, 1.82) is 0 Å². The van der Waals surface area contributed by atoms with E-state index in [0.29, 0.717) is 0 Å². The number of aliphatic carboxylic acids is 1. The van der Waals surface area contributed by atoms with Crippen LogP contribution in [-0.2, 0) is 16.0 Å². The van der Waals surface area contributed by atoms with E-state index in [1.165, 1.54) is 12.8 Å². The zero-order valence-corrected chi connectivity index (χ0v) is 15.1. The average Bonchev–Trinajstić information content (AvgIpc) is 2.99. The lowest BCUT2D eigenvalue weighted by atomic mass is 10.1. The molecule has 0 heterocycles. The van der Waals surface area contributed by atoms with Gasteiger partial charge in [0.1, 0.15) is 17.4 Å². The molecule has 1 amide bonds. The van der Waals surface area contributed by atoms with E-state index >= 15 is 0 Å². The van der Waals surface area contributed by atoms with Gasteiger partial charge in [0.2, 0.25) is 0 Å². The molecule has 6 heteroatoms. The van der Waals surface area contributed by atoms with Crippen molar-refractivity contribution in [2.24, 2.45) is 0 Å². The summed E-state index contributed by atoms with van der Waals surface area (Å²) < 4.78 is 11.0. The van der Waals surface area contributed by atoms with E-state index in [0.717, 1.165) is 24.2 Å². The molecular weight excluding hydrogens is 322 g/mol. The minimum atomic E-state index is -1.10. The van der Waals surface area contributed by atoms with Crippen LogP contribution in [0, 0.1) is 0 Å². The fraction of sp³-hybridized carbons (Fsp3) is 0.579. The number of hydrogen-bond donors (Lipinski definition) is 2. The highest BCUT2D eigenvalue weighted by molar-refractivity contribution is 5.80. The Hall–Kier alpha value is -2.24. The highest BCUT2D eigenvalue weighted by Crippen LogP contribution is 2.24. The van der Waals surface area contributed by atoms with Gasteiger partial charge in [-0.2, -0.15) is 0 Å². The van der Waals surface area contributed by atoms with Crippen molar-refractivity contribution in [3.8, 4) is 5.75 Å². The van der Waals surface area contributed by atoms with Crippen LogP contribution in [-0.4, -0.2) is 34.9 Å². The lowest BCUT2D eigenvalue weighted by Crippen LogP contribution is -2.44. The van der Waals surface area contributed by atoms with Gasteiger partial charge in [0.05, 0.1) is 6.10 Å². The second-order valence-electron chi connectivity index (χ2n) is 7.41. The summed E-state index contributed by atoms with van der Waals surface area (Å²) in [5.41, 5.74) is 0.133. The van der Waals surface area contributed by atoms with Crippen LogP contribution < -0.4 is 10.1 Å². The number of ether oxygens (including phenoxy) is 2. The van der Waals surface area contributed by atoms with Gasteiger partial charge in [0.25, 0.3) is 0 Å². The summed E-state index contributed by atoms with van der Waals surface area (Å²) in [4.78, 5) is 23.2. The summed E-state index contributed by atoms with van der Waals surface area (Å²) in [5.74, 6) is -0.306. The normalized spacial score (nSPS) is 16.3. The number of benzene rings is 1. The number of alkyl carbamates (subject to hydrolysis) is 1. The second kappa shape index (κ2) is 8.23. The standard InChI is InChI=1S/C19H27NO5/c1-19(2,3)25-18(23)20-16(17(21)22)12-13-8-10-15(11-9-13)24-14-6-4-5-7-14/h8-11,14,16H,4-7,12H2,1-3H3,(H,20,23)(H,21,22). The van der Waals surface area contributed by atoms with Crippen LogP contribution in [0.25, 0.3) is 0 Å². The summed E-state index contributed by atoms with van der Waals surface area (Å²) in [6.07, 6.45) is 4.31. The van der Waals surface area contributed by atoms with Crippen LogP contribution in [0.3, 0.4) is 0 Å². The molecule has 1 aliphatic rings. The van der Waals surface area contributed by atoms with Crippen molar-refractivity contribution in [3.63, 3.8) is 0 Å². The number of carboxylic acids is 1. The van der Waals surface area contributed by atoms with E-state index in [-0.39, 0.29) is 12.5 Å². The summed E-state index contributed by atoms with van der Waals surface area (Å²) >= 11 is 0. The molecule has 1 aromatic carbocycles. The predicted molar refractivity (Wildman–Crippen MR) is 93.8 cm³/mol. The first-order valence-corrected chi connectivity index (χ1v) is 8.71. The molecule has 1 aliphatic carbocycles. The van der Waals surface area contributed by atoms with Gasteiger partial charge in [0, 0.05) is 6.42 Å². The zero-order valence-electron chi connectivity index (χ0n) is 15.1. The Balaban J connectivity index is 1.92. The van der Waals surface area contributed by atoms with E-state index in [1.807, 2.05) is 24.3 Å². The first kappa shape index (κ1) is 19.1. The van der Waals surface area contributed by atoms with Crippen molar-refractivity contribution in [3.05, 3.63) is 29.8 Å². The van der Waals surface area contributed by atoms with Crippen LogP contribution in [0.2, 0.25) is 0 Å². The van der Waals surface area contributed by atoms with Crippen molar-refractivity contribution >= 4 is 12.1 Å². The van der Waals surface area contributed by atoms with Crippen LogP contribution in [0.5, 0.6) is 5.75 Å². The molecule has 0 aliphatic heterocycles. The van der Waals surface area contributed by atoms with Gasteiger partial charge in [-0.05, 0) is 64.2 Å². The van der Waals surface area contributed by atoms with E-state index < -0.39 is 23.7 Å². The van der Waals surface area contributed by atoms with Crippen LogP contribution in [0.4, 0.5) is 4.79 Å². The molecule has 6 nitrogen and oxygen atoms in total. The SMILES string of the molecule is CC(C)(C)OC(=O)NC(Cc1ccc(OC2CCCC2)cc1)C(=O)O. The third-order valence-electron chi connectivity index (χ3n) is 3.96. The maximum absolute atomic E-state index is 11.8. The van der Waals surface area contributed by atoms with Crippen molar-refractivity contribution in [2.45, 2.75) is 70.6 Å². The van der Waals surface area contributed by atoms with Gasteiger partial charge in [-0.1, -0.05) is 12.1 Å². The molecule has 0 aromatic heterocycles. The van der Waals surface area contributed by atoms with E-state index in [9.17, 15) is 14.7 Å². The number of amides is 1. The van der Waals surface area contributed by atoms with Gasteiger partial charge in [0.15, 0.2) is 0 Å². The number of hydrogen-bond acceptors (Lipinski definition) is 4. The van der Waals surface area contributed by atoms with Crippen LogP contribution >= 0.6 is 0 Å². The van der Waals surface area contributed by atoms with E-state index in [4.69, 9.17) is 9.47 Å². The Morgan fingerprint density at radius 3 is 2.32 bits per heavy atom. The fourth-order valence-corrected chi connectivity index (χ4v) is 2.79. The van der Waals surface area contributed by atoms with E-state index in [2.05, 4.69) is 5.32 Å². The minimum Gasteiger partial charge on any atom is -0.490 e. The smallest absolute Gasteiger partial charge is 0.408 e. The zero-order chi connectivity index (χ0) is 18.4. The van der Waals surface area contributed by atoms with Gasteiger partial charge in [-0.25, -0.2) is 9.59 Å². The average molecular weight is 349 g/mol. The van der Waals surface area contributed by atoms with Crippen molar-refractivity contribution in [1.82, 2.24) is 5.32 Å². The number of rotatable bonds is 6. The first-order chi connectivity index (χ1) is 11.7. The highest BCUT2D eigenvalue weighted by Gasteiger charge is 2.24. The lowest BCUT2D eigenvalue weighted by Gasteiger charge is -2.22. The van der Waals surface area contributed by atoms with Crippen LogP contribution in [0.15, 0.2) is 24.3 Å². The quantitative estimate of drug-likeness (QED) is 0.821. The monoisotopic (exact) mass is 349 g/mol. The lowest BCUT2D eigenvalue weighted by molar-refractivity contribution is -0.139. The minimum absolute atomic E-state index is 0.179. The number of carbonyl (C=O) groups is 2. The maximum atomic E-state index is 11.8. The maximum Gasteiger partial charge on any atom is 0.408 e. The van der Waals surface area contributed by atoms with Gasteiger partial charge in [-0.15, -0.1) is 0 Å². The number of carbonyl (C=O) groups excluding carboxylic acids is 1. The predicted octanol–water partition coefficient (Wildman–Crippen LogP) is 3.53. The topological polar surface area (TPSA) is 84.9 Å². The fourth-order valence-electron chi connectivity index (χ4n) is 2.79. The summed E-state index contributed by atoms with van der Waals surface area (Å²) in [7, 11) is 0. The molecule has 1 aromatic rings. The largest absolute Gasteiger partial charge is 0.490 e. The molecule has 1 fully saturated rings. The van der Waals surface area contributed by atoms with Gasteiger partial charge in [-0.3, -0.25) is 0 Å². The Labute approximate surface area is 148 Å². The number of nitrogens with one attached hydrogen (secondary N) is 1. The molecule has 138 valence electrons. The molecule has 25 heavy (non-hydrogen) atoms. The molecule has 1 unspecified atom stereocenters. The molecule has 1 atom stereocenters. The molecule has 2 rings (SSSR count). The summed E-state index contributed by atoms with van der Waals surface area (Å²) in [6.45, 7) is 5.18. The molecule has 0 saturated heterocycles. The molecule has 2 N–H and O–H groups in total. The molecule has 1 saturated carbocycles. The Morgan fingerprint density at radius 2 is 1.80 bits per heavy atom. The Kier molecular flexibility index (Phi) is 6.28. The molecule has 0 radical (unpaired) electrons. The van der Waals surface area contributed by atoms with Crippen LogP contribution in [0.1, 0.15) is 52.0 Å². The first-order valence-electron chi connectivity index (χ1n) is 8.71. The molecular formula is C19H27NO5. The second-order valence-corrected chi connectivity index (χ2v) is 7.41. The van der Waals surface area contributed by atoms with Crippen molar-refractivity contribution < 1.29 is 24.2 Å². The third kappa shape index (κ3) is 6.64.